The third kappa shape index (κ3) is 2.87. The molecule has 86 valence electrons. The molecule has 2 rings (SSSR count). The molecular weight excluding hydrogens is 224 g/mol. The highest BCUT2D eigenvalue weighted by atomic mass is 19.1. The average molecular weight is 233 g/mol. The van der Waals surface area contributed by atoms with Crippen molar-refractivity contribution < 1.29 is 13.5 Å². The van der Waals surface area contributed by atoms with Crippen molar-refractivity contribution in [3.63, 3.8) is 0 Å². The van der Waals surface area contributed by atoms with Gasteiger partial charge in [0.2, 0.25) is 5.69 Å². The second-order valence-corrected chi connectivity index (χ2v) is 3.48. The molecule has 0 aromatic heterocycles. The maximum atomic E-state index is 12.6. The highest BCUT2D eigenvalue weighted by Crippen LogP contribution is 2.11. The third-order valence-corrected chi connectivity index (χ3v) is 2.22. The van der Waals surface area contributed by atoms with E-state index in [1.54, 1.807) is 0 Å². The van der Waals surface area contributed by atoms with Gasteiger partial charge in [-0.2, -0.15) is 4.74 Å². The van der Waals surface area contributed by atoms with E-state index in [9.17, 15) is 14.0 Å². The van der Waals surface area contributed by atoms with Crippen LogP contribution in [0.5, 0.6) is 0 Å². The molecule has 0 aliphatic heterocycles. The molecule has 0 radical (unpaired) electrons. The molecule has 17 heavy (non-hydrogen) atoms. The minimum Gasteiger partial charge on any atom is -0.618 e. The lowest BCUT2D eigenvalue weighted by Gasteiger charge is -2.02. The summed E-state index contributed by atoms with van der Waals surface area (Å²) in [6, 6.07) is 10.7. The van der Waals surface area contributed by atoms with Gasteiger partial charge in [-0.15, -0.1) is 0 Å². The molecule has 0 unspecified atom stereocenters. The van der Waals surface area contributed by atoms with Crippen molar-refractivity contribution in [3.05, 3.63) is 70.9 Å². The summed E-state index contributed by atoms with van der Waals surface area (Å²) in [4.78, 5) is 0. The van der Waals surface area contributed by atoms with E-state index in [0.717, 1.165) is 0 Å². The van der Waals surface area contributed by atoms with E-state index in [0.29, 0.717) is 16.0 Å². The Balaban J connectivity index is 2.27. The molecule has 0 aliphatic carbocycles. The molecule has 2 aromatic rings. The predicted octanol–water partition coefficient (Wildman–Crippen LogP) is 3.23. The lowest BCUT2D eigenvalue weighted by atomic mass is 10.2. The Morgan fingerprint density at radius 2 is 1.29 bits per heavy atom. The molecule has 2 aromatic carbocycles. The summed E-state index contributed by atoms with van der Waals surface area (Å²) in [7, 11) is 0. The van der Waals surface area contributed by atoms with Gasteiger partial charge in [-0.25, -0.2) is 8.78 Å². The summed E-state index contributed by atoms with van der Waals surface area (Å²) in [6.07, 6.45) is 1.30. The largest absolute Gasteiger partial charge is 0.618 e. The average Bonchev–Trinajstić information content (AvgIpc) is 2.33. The van der Waals surface area contributed by atoms with E-state index in [2.05, 4.69) is 0 Å². The van der Waals surface area contributed by atoms with Gasteiger partial charge in [0, 0.05) is 17.7 Å². The van der Waals surface area contributed by atoms with E-state index in [4.69, 9.17) is 0 Å². The van der Waals surface area contributed by atoms with Crippen LogP contribution >= 0.6 is 0 Å². The van der Waals surface area contributed by atoms with Crippen LogP contribution in [0.1, 0.15) is 5.56 Å². The Labute approximate surface area is 97.0 Å². The van der Waals surface area contributed by atoms with Crippen LogP contribution < -0.4 is 0 Å². The smallest absolute Gasteiger partial charge is 0.216 e. The molecule has 0 saturated carbocycles. The van der Waals surface area contributed by atoms with Crippen LogP contribution in [0.3, 0.4) is 0 Å². The van der Waals surface area contributed by atoms with Gasteiger partial charge in [0.15, 0.2) is 6.21 Å². The van der Waals surface area contributed by atoms with Gasteiger partial charge in [-0.3, -0.25) is 0 Å². The fraction of sp³-hybridized carbons (Fsp3) is 0. The molecule has 0 spiro atoms. The molecule has 0 aliphatic rings. The van der Waals surface area contributed by atoms with Crippen molar-refractivity contribution in [2.45, 2.75) is 0 Å². The fourth-order valence-corrected chi connectivity index (χ4v) is 1.35. The first-order valence-electron chi connectivity index (χ1n) is 4.97. The number of rotatable bonds is 2. The van der Waals surface area contributed by atoms with Gasteiger partial charge in [-0.1, -0.05) is 0 Å². The van der Waals surface area contributed by atoms with Gasteiger partial charge in [-0.05, 0) is 36.4 Å². The summed E-state index contributed by atoms with van der Waals surface area (Å²) >= 11 is 0. The molecule has 0 fully saturated rings. The molecule has 0 heterocycles. The van der Waals surface area contributed by atoms with Crippen molar-refractivity contribution in [1.82, 2.24) is 0 Å². The normalized spacial score (nSPS) is 11.5. The van der Waals surface area contributed by atoms with E-state index >= 15 is 0 Å². The first kappa shape index (κ1) is 11.3. The Morgan fingerprint density at radius 1 is 0.824 bits per heavy atom. The van der Waals surface area contributed by atoms with Gasteiger partial charge >= 0.3 is 0 Å². The summed E-state index contributed by atoms with van der Waals surface area (Å²) in [5.74, 6) is -0.759. The third-order valence-electron chi connectivity index (χ3n) is 2.22. The maximum Gasteiger partial charge on any atom is 0.216 e. The van der Waals surface area contributed by atoms with Crippen molar-refractivity contribution in [3.8, 4) is 0 Å². The quantitative estimate of drug-likeness (QED) is 0.338. The van der Waals surface area contributed by atoms with Gasteiger partial charge < -0.3 is 5.21 Å². The Bertz CT molecular complexity index is 532. The van der Waals surface area contributed by atoms with Crippen LogP contribution in [-0.4, -0.2) is 11.0 Å². The topological polar surface area (TPSA) is 26.1 Å². The zero-order chi connectivity index (χ0) is 12.3. The van der Waals surface area contributed by atoms with Gasteiger partial charge in [0.1, 0.15) is 11.6 Å². The number of hydrogen-bond acceptors (Lipinski definition) is 1. The number of halogens is 2. The highest BCUT2D eigenvalue weighted by molar-refractivity contribution is 5.76. The second kappa shape index (κ2) is 4.74. The highest BCUT2D eigenvalue weighted by Gasteiger charge is 2.02. The molecule has 0 N–H and O–H groups in total. The van der Waals surface area contributed by atoms with Crippen LogP contribution in [0, 0.1) is 16.8 Å². The standard InChI is InChI=1S/C13H9F2NO/c14-11-3-1-10(2-4-11)9-16(17)13-7-5-12(15)6-8-13/h1-9H/b16-9-. The molecule has 0 bridgehead atoms. The fourth-order valence-electron chi connectivity index (χ4n) is 1.35. The zero-order valence-electron chi connectivity index (χ0n) is 8.81. The van der Waals surface area contributed by atoms with Gasteiger partial charge in [0.25, 0.3) is 0 Å². The second-order valence-electron chi connectivity index (χ2n) is 3.48. The summed E-state index contributed by atoms with van der Waals surface area (Å²) in [5, 5.41) is 11.7. The van der Waals surface area contributed by atoms with Crippen LogP contribution in [0.15, 0.2) is 48.5 Å². The minimum absolute atomic E-state index is 0.315. The molecule has 0 atom stereocenters. The van der Waals surface area contributed by atoms with Crippen molar-refractivity contribution in [2.75, 3.05) is 0 Å². The van der Waals surface area contributed by atoms with E-state index in [-0.39, 0.29) is 5.82 Å². The predicted molar refractivity (Wildman–Crippen MR) is 61.3 cm³/mol. The maximum absolute atomic E-state index is 12.6. The zero-order valence-corrected chi connectivity index (χ0v) is 8.81. The molecule has 0 saturated heterocycles. The number of hydrogen-bond donors (Lipinski definition) is 0. The van der Waals surface area contributed by atoms with E-state index in [1.165, 1.54) is 54.7 Å². The van der Waals surface area contributed by atoms with Crippen LogP contribution in [-0.2, 0) is 0 Å². The summed E-state index contributed by atoms with van der Waals surface area (Å²) < 4.78 is 25.9. The lowest BCUT2D eigenvalue weighted by molar-refractivity contribution is -0.354. The van der Waals surface area contributed by atoms with Crippen LogP contribution in [0.2, 0.25) is 0 Å². The van der Waals surface area contributed by atoms with Crippen molar-refractivity contribution >= 4 is 11.9 Å². The SMILES string of the molecule is [O-]/[N+](=C\c1ccc(F)cc1)c1ccc(F)cc1. The monoisotopic (exact) mass is 233 g/mol. The summed E-state index contributed by atoms with van der Waals surface area (Å²) in [6.45, 7) is 0. The Morgan fingerprint density at radius 3 is 1.82 bits per heavy atom. The minimum atomic E-state index is -0.399. The van der Waals surface area contributed by atoms with Gasteiger partial charge in [0.05, 0.1) is 0 Å². The molecular formula is C13H9F2NO. The van der Waals surface area contributed by atoms with E-state index in [1.807, 2.05) is 0 Å². The Kier molecular flexibility index (Phi) is 3.14. The lowest BCUT2D eigenvalue weighted by Crippen LogP contribution is -1.98. The van der Waals surface area contributed by atoms with Crippen LogP contribution in [0.4, 0.5) is 14.5 Å². The van der Waals surface area contributed by atoms with Crippen molar-refractivity contribution in [2.24, 2.45) is 0 Å². The number of benzene rings is 2. The first-order valence-corrected chi connectivity index (χ1v) is 4.97. The Hall–Kier alpha value is -2.23. The van der Waals surface area contributed by atoms with Crippen molar-refractivity contribution in [1.29, 1.82) is 0 Å². The number of nitrogens with zero attached hydrogens (tertiary/aromatic N) is 1. The summed E-state index contributed by atoms with van der Waals surface area (Å²) in [5.41, 5.74) is 0.890. The molecule has 0 amide bonds. The van der Waals surface area contributed by atoms with E-state index < -0.39 is 5.82 Å². The van der Waals surface area contributed by atoms with Crippen LogP contribution in [0.25, 0.3) is 0 Å². The first-order chi connectivity index (χ1) is 8.15. The molecule has 2 nitrogen and oxygen atoms in total. The molecule has 4 heteroatoms.